The van der Waals surface area contributed by atoms with Crippen LogP contribution in [-0.2, 0) is 17.6 Å². The van der Waals surface area contributed by atoms with E-state index < -0.39 is 0 Å². The summed E-state index contributed by atoms with van der Waals surface area (Å²) in [6.07, 6.45) is 9.55. The van der Waals surface area contributed by atoms with Crippen molar-refractivity contribution in [3.63, 3.8) is 0 Å². The maximum absolute atomic E-state index is 14.0. The highest BCUT2D eigenvalue weighted by atomic mass is 35.5. The Kier molecular flexibility index (Phi) is 7.37. The molecule has 4 heterocycles. The standard InChI is InChI=1S/C23H28Cl2N4O/c24-21-7-5-17(15-26-21)13-19(28-9-1-2-10-28)23(30)20(29-11-3-4-12-29)14-18-6-8-22(25)27-16-18/h5-8,15-16,19-20H,1-4,9-14H2. The summed E-state index contributed by atoms with van der Waals surface area (Å²) in [4.78, 5) is 27.1. The van der Waals surface area contributed by atoms with Crippen molar-refractivity contribution in [1.29, 1.82) is 0 Å². The van der Waals surface area contributed by atoms with Crippen molar-refractivity contribution in [2.75, 3.05) is 26.2 Å². The fraction of sp³-hybridized carbons (Fsp3) is 0.522. The number of hydrogen-bond donors (Lipinski definition) is 0. The highest BCUT2D eigenvalue weighted by molar-refractivity contribution is 6.29. The zero-order chi connectivity index (χ0) is 20.9. The maximum Gasteiger partial charge on any atom is 0.167 e. The van der Waals surface area contributed by atoms with Crippen LogP contribution in [0.5, 0.6) is 0 Å². The number of pyridine rings is 2. The molecule has 4 rings (SSSR count). The topological polar surface area (TPSA) is 49.3 Å². The van der Waals surface area contributed by atoms with E-state index in [-0.39, 0.29) is 12.1 Å². The van der Waals surface area contributed by atoms with Gasteiger partial charge in [-0.25, -0.2) is 9.97 Å². The van der Waals surface area contributed by atoms with Crippen molar-refractivity contribution in [3.8, 4) is 0 Å². The molecule has 0 spiro atoms. The Hall–Kier alpha value is -1.53. The van der Waals surface area contributed by atoms with Crippen LogP contribution in [0.4, 0.5) is 0 Å². The molecule has 2 unspecified atom stereocenters. The monoisotopic (exact) mass is 446 g/mol. The number of carbonyl (C=O) groups excluding carboxylic acids is 1. The maximum atomic E-state index is 14.0. The lowest BCUT2D eigenvalue weighted by Crippen LogP contribution is -2.52. The Morgan fingerprint density at radius 3 is 1.50 bits per heavy atom. The van der Waals surface area contributed by atoms with Crippen molar-refractivity contribution in [2.45, 2.75) is 50.6 Å². The van der Waals surface area contributed by atoms with Crippen LogP contribution < -0.4 is 0 Å². The van der Waals surface area contributed by atoms with Crippen molar-refractivity contribution in [3.05, 3.63) is 58.1 Å². The highest BCUT2D eigenvalue weighted by Crippen LogP contribution is 2.23. The molecule has 2 atom stereocenters. The Labute approximate surface area is 188 Å². The average Bonchev–Trinajstić information content (AvgIpc) is 3.47. The Bertz CT molecular complexity index is 762. The van der Waals surface area contributed by atoms with E-state index in [4.69, 9.17) is 23.2 Å². The van der Waals surface area contributed by atoms with Gasteiger partial charge in [-0.1, -0.05) is 35.3 Å². The van der Waals surface area contributed by atoms with E-state index in [1.807, 2.05) is 12.1 Å². The number of hydrogen-bond acceptors (Lipinski definition) is 5. The molecule has 30 heavy (non-hydrogen) atoms. The van der Waals surface area contributed by atoms with Crippen LogP contribution in [0, 0.1) is 0 Å². The lowest BCUT2D eigenvalue weighted by molar-refractivity contribution is -0.129. The zero-order valence-electron chi connectivity index (χ0n) is 17.1. The van der Waals surface area contributed by atoms with E-state index >= 15 is 0 Å². The fourth-order valence-corrected chi connectivity index (χ4v) is 4.87. The number of rotatable bonds is 8. The van der Waals surface area contributed by atoms with Gasteiger partial charge in [-0.3, -0.25) is 14.6 Å². The number of likely N-dealkylation sites (tertiary alicyclic amines) is 2. The SMILES string of the molecule is O=C(C(Cc1ccc(Cl)nc1)N1CCCC1)C(Cc1ccc(Cl)nc1)N1CCCC1. The van der Waals surface area contributed by atoms with Gasteiger partial charge in [-0.15, -0.1) is 0 Å². The minimum absolute atomic E-state index is 0.138. The molecule has 2 fully saturated rings. The summed E-state index contributed by atoms with van der Waals surface area (Å²) in [5, 5.41) is 0.959. The minimum atomic E-state index is -0.138. The van der Waals surface area contributed by atoms with Gasteiger partial charge in [0.1, 0.15) is 10.3 Å². The Balaban J connectivity index is 1.58. The molecule has 0 radical (unpaired) electrons. The van der Waals surface area contributed by atoms with Gasteiger partial charge in [0, 0.05) is 12.4 Å². The summed E-state index contributed by atoms with van der Waals surface area (Å²) < 4.78 is 0. The van der Waals surface area contributed by atoms with Gasteiger partial charge >= 0.3 is 0 Å². The van der Waals surface area contributed by atoms with Crippen LogP contribution in [0.1, 0.15) is 36.8 Å². The first kappa shape index (κ1) is 21.7. The number of ketones is 1. The molecule has 5 nitrogen and oxygen atoms in total. The Morgan fingerprint density at radius 1 is 0.767 bits per heavy atom. The number of aromatic nitrogens is 2. The molecular formula is C23H28Cl2N4O. The van der Waals surface area contributed by atoms with Gasteiger partial charge < -0.3 is 0 Å². The predicted molar refractivity (Wildman–Crippen MR) is 120 cm³/mol. The molecule has 0 bridgehead atoms. The van der Waals surface area contributed by atoms with E-state index in [1.54, 1.807) is 24.5 Å². The third-order valence-electron chi connectivity index (χ3n) is 6.26. The summed E-state index contributed by atoms with van der Waals surface area (Å²) in [5.41, 5.74) is 2.11. The lowest BCUT2D eigenvalue weighted by atomic mass is 9.93. The van der Waals surface area contributed by atoms with Crippen molar-refractivity contribution < 1.29 is 4.79 Å². The van der Waals surface area contributed by atoms with Crippen LogP contribution in [0.3, 0.4) is 0 Å². The fourth-order valence-electron chi connectivity index (χ4n) is 4.65. The number of carbonyl (C=O) groups is 1. The molecule has 160 valence electrons. The molecule has 0 aliphatic carbocycles. The molecule has 2 aromatic heterocycles. The number of halogens is 2. The lowest BCUT2D eigenvalue weighted by Gasteiger charge is -2.34. The van der Waals surface area contributed by atoms with E-state index in [2.05, 4.69) is 19.8 Å². The van der Waals surface area contributed by atoms with Gasteiger partial charge in [-0.2, -0.15) is 0 Å². The number of Topliss-reactive ketones (excluding diaryl/α,β-unsaturated/α-hetero) is 1. The van der Waals surface area contributed by atoms with Gasteiger partial charge in [-0.05, 0) is 88.0 Å². The normalized spacial score (nSPS) is 19.8. The van der Waals surface area contributed by atoms with Gasteiger partial charge in [0.05, 0.1) is 12.1 Å². The van der Waals surface area contributed by atoms with Crippen LogP contribution in [0.25, 0.3) is 0 Å². The molecule has 0 N–H and O–H groups in total. The third kappa shape index (κ3) is 5.38. The first-order valence-corrected chi connectivity index (χ1v) is 11.6. The summed E-state index contributed by atoms with van der Waals surface area (Å²) in [6, 6.07) is 7.31. The average molecular weight is 447 g/mol. The first-order chi connectivity index (χ1) is 14.6. The second kappa shape index (κ2) is 10.2. The molecular weight excluding hydrogens is 419 g/mol. The van der Waals surface area contributed by atoms with E-state index in [1.165, 1.54) is 0 Å². The summed E-state index contributed by atoms with van der Waals surface area (Å²) in [5.74, 6) is 0.309. The molecule has 2 aromatic rings. The first-order valence-electron chi connectivity index (χ1n) is 10.8. The quantitative estimate of drug-likeness (QED) is 0.572. The zero-order valence-corrected chi connectivity index (χ0v) is 18.7. The second-order valence-corrected chi connectivity index (χ2v) is 9.08. The predicted octanol–water partition coefficient (Wildman–Crippen LogP) is 4.07. The van der Waals surface area contributed by atoms with Crippen molar-refractivity contribution in [2.24, 2.45) is 0 Å². The van der Waals surface area contributed by atoms with E-state index in [0.717, 1.165) is 63.0 Å². The largest absolute Gasteiger partial charge is 0.296 e. The van der Waals surface area contributed by atoms with E-state index in [0.29, 0.717) is 28.9 Å². The van der Waals surface area contributed by atoms with Gasteiger partial charge in [0.25, 0.3) is 0 Å². The second-order valence-electron chi connectivity index (χ2n) is 8.31. The minimum Gasteiger partial charge on any atom is -0.296 e. The van der Waals surface area contributed by atoms with Gasteiger partial charge in [0.15, 0.2) is 5.78 Å². The third-order valence-corrected chi connectivity index (χ3v) is 6.70. The van der Waals surface area contributed by atoms with Crippen LogP contribution in [0.2, 0.25) is 10.3 Å². The van der Waals surface area contributed by atoms with Gasteiger partial charge in [0.2, 0.25) is 0 Å². The molecule has 0 aromatic carbocycles. The molecule has 0 saturated carbocycles. The summed E-state index contributed by atoms with van der Waals surface area (Å²) in [7, 11) is 0. The molecule has 2 aliphatic rings. The Morgan fingerprint density at radius 2 is 1.17 bits per heavy atom. The van der Waals surface area contributed by atoms with Crippen molar-refractivity contribution >= 4 is 29.0 Å². The van der Waals surface area contributed by atoms with Crippen LogP contribution >= 0.6 is 23.2 Å². The molecule has 0 amide bonds. The molecule has 2 aliphatic heterocycles. The number of nitrogens with zero attached hydrogens (tertiary/aromatic N) is 4. The summed E-state index contributed by atoms with van der Waals surface area (Å²) in [6.45, 7) is 3.92. The molecule has 2 saturated heterocycles. The van der Waals surface area contributed by atoms with Crippen molar-refractivity contribution in [1.82, 2.24) is 19.8 Å². The van der Waals surface area contributed by atoms with Crippen LogP contribution in [0.15, 0.2) is 36.7 Å². The summed E-state index contributed by atoms with van der Waals surface area (Å²) >= 11 is 11.9. The van der Waals surface area contributed by atoms with Crippen LogP contribution in [-0.4, -0.2) is 63.8 Å². The molecule has 7 heteroatoms. The highest BCUT2D eigenvalue weighted by Gasteiger charge is 2.36. The van der Waals surface area contributed by atoms with E-state index in [9.17, 15) is 4.79 Å². The smallest absolute Gasteiger partial charge is 0.167 e.